The molecule has 0 aliphatic heterocycles. The summed E-state index contributed by atoms with van der Waals surface area (Å²) in [5.41, 5.74) is -1.71. The van der Waals surface area contributed by atoms with Gasteiger partial charge >= 0.3 is 11.6 Å². The molecule has 1 aromatic rings. The Labute approximate surface area is 92.5 Å². The van der Waals surface area contributed by atoms with Gasteiger partial charge in [-0.15, -0.1) is 0 Å². The molecule has 0 saturated carbocycles. The number of hydrogen-bond donors (Lipinski definition) is 1. The molecule has 90 valence electrons. The van der Waals surface area contributed by atoms with Crippen molar-refractivity contribution in [2.75, 3.05) is 0 Å². The molecule has 0 fully saturated rings. The highest BCUT2D eigenvalue weighted by atomic mass is 35.5. The Morgan fingerprint density at radius 2 is 1.69 bits per heavy atom. The van der Waals surface area contributed by atoms with Crippen LogP contribution in [-0.4, -0.2) is 10.5 Å². The molecule has 0 radical (unpaired) electrons. The molecule has 0 aliphatic rings. The summed E-state index contributed by atoms with van der Waals surface area (Å²) < 4.78 is 61.6. The number of aliphatic hydroxyl groups excluding tert-OH is 1. The summed E-state index contributed by atoms with van der Waals surface area (Å²) >= 11 is 4.52. The Morgan fingerprint density at radius 1 is 1.12 bits per heavy atom. The lowest BCUT2D eigenvalue weighted by Gasteiger charge is -2.17. The minimum absolute atomic E-state index is 0.432. The van der Waals surface area contributed by atoms with E-state index in [-0.39, 0.29) is 0 Å². The second-order valence-electron chi connectivity index (χ2n) is 3.07. The van der Waals surface area contributed by atoms with Crippen LogP contribution >= 0.6 is 11.6 Å². The Hall–Kier alpha value is -0.880. The second-order valence-corrected chi connectivity index (χ2v) is 3.57. The molecule has 0 spiro atoms. The molecule has 1 atom stereocenters. The van der Waals surface area contributed by atoms with Crippen molar-refractivity contribution >= 4 is 11.6 Å². The van der Waals surface area contributed by atoms with Crippen molar-refractivity contribution in [2.24, 2.45) is 0 Å². The fourth-order valence-corrected chi connectivity index (χ4v) is 1.20. The third-order valence-electron chi connectivity index (χ3n) is 1.84. The first-order valence-electron chi connectivity index (χ1n) is 4.04. The van der Waals surface area contributed by atoms with Crippen LogP contribution in [0.5, 0.6) is 0 Å². The van der Waals surface area contributed by atoms with E-state index in [1.54, 1.807) is 0 Å². The van der Waals surface area contributed by atoms with Gasteiger partial charge in [0.25, 0.3) is 0 Å². The topological polar surface area (TPSA) is 20.2 Å². The van der Waals surface area contributed by atoms with E-state index >= 15 is 0 Å². The molecule has 1 N–H and O–H groups in total. The predicted octanol–water partition coefficient (Wildman–Crippen LogP) is 3.57. The maximum Gasteiger partial charge on any atom is 0.416 e. The minimum Gasteiger partial charge on any atom is -0.381 e. The maximum absolute atomic E-state index is 12.5. The van der Waals surface area contributed by atoms with E-state index in [1.165, 1.54) is 0 Å². The smallest absolute Gasteiger partial charge is 0.381 e. The van der Waals surface area contributed by atoms with Crippen LogP contribution in [0.3, 0.4) is 0 Å². The zero-order chi connectivity index (χ0) is 12.6. The van der Waals surface area contributed by atoms with Crippen LogP contribution in [0.4, 0.5) is 22.0 Å². The molecule has 7 heteroatoms. The van der Waals surface area contributed by atoms with Gasteiger partial charge in [-0.05, 0) is 29.3 Å². The van der Waals surface area contributed by atoms with Crippen LogP contribution in [0.1, 0.15) is 17.2 Å². The van der Waals surface area contributed by atoms with E-state index in [2.05, 4.69) is 11.6 Å². The molecule has 1 aromatic carbocycles. The van der Waals surface area contributed by atoms with Crippen LogP contribution in [-0.2, 0) is 6.18 Å². The molecule has 0 saturated heterocycles. The Kier molecular flexibility index (Phi) is 3.44. The summed E-state index contributed by atoms with van der Waals surface area (Å²) in [5, 5.41) is 4.99. The molecular weight excluding hydrogens is 255 g/mol. The zero-order valence-corrected chi connectivity index (χ0v) is 8.36. The highest BCUT2D eigenvalue weighted by Gasteiger charge is 2.38. The van der Waals surface area contributed by atoms with Crippen LogP contribution < -0.4 is 0 Å². The van der Waals surface area contributed by atoms with Gasteiger partial charge in [0.15, 0.2) is 6.10 Å². The number of aliphatic hydroxyl groups is 1. The van der Waals surface area contributed by atoms with Crippen molar-refractivity contribution in [1.29, 1.82) is 0 Å². The molecule has 1 rings (SSSR count). The average molecular weight is 261 g/mol. The van der Waals surface area contributed by atoms with E-state index in [1.807, 2.05) is 0 Å². The number of halogens is 6. The van der Waals surface area contributed by atoms with E-state index in [0.29, 0.717) is 12.1 Å². The maximum atomic E-state index is 12.5. The average Bonchev–Trinajstić information content (AvgIpc) is 2.14. The number of alkyl halides is 6. The number of benzene rings is 1. The third kappa shape index (κ3) is 3.05. The Bertz CT molecular complexity index is 371. The quantitative estimate of drug-likeness (QED) is 0.637. The first-order chi connectivity index (χ1) is 7.12. The van der Waals surface area contributed by atoms with Gasteiger partial charge in [0.05, 0.1) is 5.56 Å². The van der Waals surface area contributed by atoms with Crippen molar-refractivity contribution < 1.29 is 27.1 Å². The minimum atomic E-state index is -4.66. The summed E-state index contributed by atoms with van der Waals surface area (Å²) in [5.74, 6) is 0. The summed E-state index contributed by atoms with van der Waals surface area (Å²) in [7, 11) is 0. The SMILES string of the molecule is OC(c1cccc(C(F)(F)F)c1)C(F)(F)Cl. The van der Waals surface area contributed by atoms with Crippen molar-refractivity contribution in [3.05, 3.63) is 35.4 Å². The van der Waals surface area contributed by atoms with E-state index in [0.717, 1.165) is 12.1 Å². The van der Waals surface area contributed by atoms with Crippen molar-refractivity contribution in [1.82, 2.24) is 0 Å². The lowest BCUT2D eigenvalue weighted by atomic mass is 10.1. The molecule has 0 aliphatic carbocycles. The molecular formula is C9H6ClF5O. The molecule has 1 unspecified atom stereocenters. The van der Waals surface area contributed by atoms with Gasteiger partial charge in [-0.25, -0.2) is 0 Å². The molecule has 0 amide bonds. The van der Waals surface area contributed by atoms with Crippen LogP contribution in [0.25, 0.3) is 0 Å². The summed E-state index contributed by atoms with van der Waals surface area (Å²) in [4.78, 5) is 0. The largest absolute Gasteiger partial charge is 0.416 e. The van der Waals surface area contributed by atoms with Gasteiger partial charge in [0, 0.05) is 0 Å². The second kappa shape index (κ2) is 4.18. The van der Waals surface area contributed by atoms with Gasteiger partial charge in [-0.3, -0.25) is 0 Å². The summed E-state index contributed by atoms with van der Waals surface area (Å²) in [6.45, 7) is 0. The van der Waals surface area contributed by atoms with Gasteiger partial charge < -0.3 is 5.11 Å². The monoisotopic (exact) mass is 260 g/mol. The van der Waals surface area contributed by atoms with Gasteiger partial charge in [0.2, 0.25) is 0 Å². The van der Waals surface area contributed by atoms with Crippen molar-refractivity contribution in [3.63, 3.8) is 0 Å². The standard InChI is InChI=1S/C9H6ClF5O/c10-8(11,12)7(16)5-2-1-3-6(4-5)9(13,14)15/h1-4,7,16H. The normalized spacial score (nSPS) is 14.9. The fraction of sp³-hybridized carbons (Fsp3) is 0.333. The fourth-order valence-electron chi connectivity index (χ4n) is 1.07. The Balaban J connectivity index is 3.09. The van der Waals surface area contributed by atoms with E-state index in [4.69, 9.17) is 5.11 Å². The van der Waals surface area contributed by atoms with Crippen LogP contribution in [0, 0.1) is 0 Å². The van der Waals surface area contributed by atoms with E-state index < -0.39 is 28.8 Å². The van der Waals surface area contributed by atoms with Crippen molar-refractivity contribution in [2.45, 2.75) is 17.7 Å². The first kappa shape index (κ1) is 13.2. The first-order valence-corrected chi connectivity index (χ1v) is 4.42. The highest BCUT2D eigenvalue weighted by Crippen LogP contribution is 2.37. The zero-order valence-electron chi connectivity index (χ0n) is 7.60. The Morgan fingerprint density at radius 3 is 2.12 bits per heavy atom. The lowest BCUT2D eigenvalue weighted by Crippen LogP contribution is -2.19. The molecule has 1 nitrogen and oxygen atoms in total. The van der Waals surface area contributed by atoms with E-state index in [9.17, 15) is 22.0 Å². The van der Waals surface area contributed by atoms with Gasteiger partial charge in [-0.1, -0.05) is 12.1 Å². The summed E-state index contributed by atoms with van der Waals surface area (Å²) in [6.07, 6.45) is -7.13. The third-order valence-corrected chi connectivity index (χ3v) is 2.05. The lowest BCUT2D eigenvalue weighted by molar-refractivity contribution is -0.137. The molecule has 16 heavy (non-hydrogen) atoms. The molecule has 0 bridgehead atoms. The predicted molar refractivity (Wildman–Crippen MR) is 47.2 cm³/mol. The van der Waals surface area contributed by atoms with Crippen LogP contribution in [0.2, 0.25) is 0 Å². The highest BCUT2D eigenvalue weighted by molar-refractivity contribution is 6.22. The van der Waals surface area contributed by atoms with Gasteiger partial charge in [-0.2, -0.15) is 22.0 Å². The molecule has 0 heterocycles. The van der Waals surface area contributed by atoms with Gasteiger partial charge in [0.1, 0.15) is 0 Å². The molecule has 0 aromatic heterocycles. The number of hydrogen-bond acceptors (Lipinski definition) is 1. The number of rotatable bonds is 2. The van der Waals surface area contributed by atoms with Crippen molar-refractivity contribution in [3.8, 4) is 0 Å². The van der Waals surface area contributed by atoms with Crippen LogP contribution in [0.15, 0.2) is 24.3 Å². The summed E-state index contributed by atoms with van der Waals surface area (Å²) in [6, 6.07) is 3.00.